The van der Waals surface area contributed by atoms with E-state index in [9.17, 15) is 8.42 Å². The van der Waals surface area contributed by atoms with Crippen molar-refractivity contribution in [3.05, 3.63) is 47.8 Å². The second-order valence-corrected chi connectivity index (χ2v) is 6.71. The molecule has 0 saturated heterocycles. The van der Waals surface area contributed by atoms with Crippen molar-refractivity contribution in [3.63, 3.8) is 0 Å². The van der Waals surface area contributed by atoms with Gasteiger partial charge in [-0.05, 0) is 18.1 Å². The first-order valence-corrected chi connectivity index (χ1v) is 8.15. The molecule has 0 spiro atoms. The van der Waals surface area contributed by atoms with E-state index in [1.807, 2.05) is 13.2 Å². The summed E-state index contributed by atoms with van der Waals surface area (Å²) in [5, 5.41) is 4.03. The van der Waals surface area contributed by atoms with Crippen LogP contribution in [-0.2, 0) is 23.5 Å². The van der Waals surface area contributed by atoms with E-state index in [4.69, 9.17) is 18.0 Å². The Labute approximate surface area is 129 Å². The van der Waals surface area contributed by atoms with Crippen molar-refractivity contribution in [2.24, 2.45) is 12.8 Å². The largest absolute Gasteiger partial charge is 0.389 e. The molecule has 0 aliphatic heterocycles. The van der Waals surface area contributed by atoms with Gasteiger partial charge in [-0.2, -0.15) is 5.10 Å². The zero-order valence-electron chi connectivity index (χ0n) is 11.5. The highest BCUT2D eigenvalue weighted by Crippen LogP contribution is 2.15. The number of nitrogens with zero attached hydrogens (tertiary/aromatic N) is 2. The first-order chi connectivity index (χ1) is 9.90. The van der Waals surface area contributed by atoms with E-state index >= 15 is 0 Å². The first-order valence-electron chi connectivity index (χ1n) is 6.26. The van der Waals surface area contributed by atoms with Crippen molar-refractivity contribution in [2.75, 3.05) is 6.54 Å². The number of nitrogens with one attached hydrogen (secondary N) is 1. The number of rotatable bonds is 6. The number of sulfonamides is 1. The van der Waals surface area contributed by atoms with Gasteiger partial charge in [0, 0.05) is 25.4 Å². The van der Waals surface area contributed by atoms with Crippen LogP contribution in [0.2, 0.25) is 0 Å². The summed E-state index contributed by atoms with van der Waals surface area (Å²) < 4.78 is 28.8. The molecule has 1 heterocycles. The van der Waals surface area contributed by atoms with E-state index in [1.54, 1.807) is 29.1 Å². The lowest BCUT2D eigenvalue weighted by atomic mass is 10.2. The minimum Gasteiger partial charge on any atom is -0.389 e. The van der Waals surface area contributed by atoms with Crippen molar-refractivity contribution in [1.82, 2.24) is 14.5 Å². The zero-order chi connectivity index (χ0) is 15.5. The standard InChI is InChI=1S/C13H16N4O2S2/c1-17-9-10(8-15-17)6-7-16-21(18,19)12-5-3-2-4-11(12)13(14)20/h2-5,8-9,16H,6-7H2,1H3,(H2,14,20). The monoisotopic (exact) mass is 324 g/mol. The van der Waals surface area contributed by atoms with Crippen LogP contribution in [0, 0.1) is 0 Å². The molecule has 2 aromatic rings. The second kappa shape index (κ2) is 6.33. The van der Waals surface area contributed by atoms with Gasteiger partial charge in [-0.1, -0.05) is 30.4 Å². The van der Waals surface area contributed by atoms with Gasteiger partial charge in [0.15, 0.2) is 0 Å². The molecule has 112 valence electrons. The highest BCUT2D eigenvalue weighted by molar-refractivity contribution is 7.89. The van der Waals surface area contributed by atoms with Gasteiger partial charge in [-0.3, -0.25) is 4.68 Å². The quantitative estimate of drug-likeness (QED) is 0.759. The molecule has 0 saturated carbocycles. The lowest BCUT2D eigenvalue weighted by Crippen LogP contribution is -2.28. The Kier molecular flexibility index (Phi) is 4.71. The molecule has 21 heavy (non-hydrogen) atoms. The summed E-state index contributed by atoms with van der Waals surface area (Å²) in [6.45, 7) is 0.277. The maximum Gasteiger partial charge on any atom is 0.241 e. The molecule has 8 heteroatoms. The molecule has 0 amide bonds. The van der Waals surface area contributed by atoms with E-state index < -0.39 is 10.0 Å². The molecule has 0 fully saturated rings. The molecule has 0 atom stereocenters. The minimum atomic E-state index is -3.64. The Balaban J connectivity index is 2.10. The van der Waals surface area contributed by atoms with Crippen LogP contribution in [0.25, 0.3) is 0 Å². The Hall–Kier alpha value is -1.77. The van der Waals surface area contributed by atoms with Gasteiger partial charge in [-0.15, -0.1) is 0 Å². The molecule has 0 unspecified atom stereocenters. The molecule has 2 rings (SSSR count). The Morgan fingerprint density at radius 3 is 2.76 bits per heavy atom. The maximum atomic E-state index is 12.3. The third kappa shape index (κ3) is 3.87. The summed E-state index contributed by atoms with van der Waals surface area (Å²) >= 11 is 4.88. The summed E-state index contributed by atoms with van der Waals surface area (Å²) in [4.78, 5) is 0.159. The third-order valence-corrected chi connectivity index (χ3v) is 4.65. The number of thiocarbonyl (C=S) groups is 1. The summed E-state index contributed by atoms with van der Waals surface area (Å²) in [6.07, 6.45) is 4.11. The normalized spacial score (nSPS) is 11.5. The van der Waals surface area contributed by atoms with Crippen LogP contribution in [-0.4, -0.2) is 29.7 Å². The molecule has 0 aliphatic carbocycles. The topological polar surface area (TPSA) is 90.0 Å². The molecular weight excluding hydrogens is 308 g/mol. The van der Waals surface area contributed by atoms with E-state index in [-0.39, 0.29) is 16.4 Å². The molecule has 0 radical (unpaired) electrons. The van der Waals surface area contributed by atoms with Gasteiger partial charge in [0.1, 0.15) is 4.99 Å². The van der Waals surface area contributed by atoms with E-state index in [2.05, 4.69) is 9.82 Å². The van der Waals surface area contributed by atoms with E-state index in [0.29, 0.717) is 12.0 Å². The summed E-state index contributed by atoms with van der Waals surface area (Å²) in [7, 11) is -1.83. The number of nitrogens with two attached hydrogens (primary N) is 1. The van der Waals surface area contributed by atoms with Crippen molar-refractivity contribution < 1.29 is 8.42 Å². The molecule has 0 aliphatic rings. The average Bonchev–Trinajstić information content (AvgIpc) is 2.84. The summed E-state index contributed by atoms with van der Waals surface area (Å²) in [6, 6.07) is 6.42. The number of benzene rings is 1. The number of hydrogen-bond donors (Lipinski definition) is 2. The summed E-state index contributed by atoms with van der Waals surface area (Å²) in [5.41, 5.74) is 6.87. The third-order valence-electron chi connectivity index (χ3n) is 2.91. The minimum absolute atomic E-state index is 0.0586. The molecule has 0 bridgehead atoms. The molecule has 3 N–H and O–H groups in total. The van der Waals surface area contributed by atoms with Crippen LogP contribution in [0.15, 0.2) is 41.6 Å². The van der Waals surface area contributed by atoms with Gasteiger partial charge in [-0.25, -0.2) is 13.1 Å². The van der Waals surface area contributed by atoms with Gasteiger partial charge >= 0.3 is 0 Å². The van der Waals surface area contributed by atoms with Crippen LogP contribution in [0.5, 0.6) is 0 Å². The predicted octanol–water partition coefficient (Wildman–Crippen LogP) is 0.575. The first kappa shape index (κ1) is 15.6. The summed E-state index contributed by atoms with van der Waals surface area (Å²) in [5.74, 6) is 0. The number of aromatic nitrogens is 2. The Bertz CT molecular complexity index is 753. The van der Waals surface area contributed by atoms with Crippen LogP contribution >= 0.6 is 12.2 Å². The molecule has 6 nitrogen and oxygen atoms in total. The van der Waals surface area contributed by atoms with Gasteiger partial charge in [0.05, 0.1) is 11.1 Å². The second-order valence-electron chi connectivity index (χ2n) is 4.53. The van der Waals surface area contributed by atoms with Crippen LogP contribution < -0.4 is 10.5 Å². The highest BCUT2D eigenvalue weighted by Gasteiger charge is 2.18. The molecular formula is C13H16N4O2S2. The van der Waals surface area contributed by atoms with Gasteiger partial charge in [0.2, 0.25) is 10.0 Å². The SMILES string of the molecule is Cn1cc(CCNS(=O)(=O)c2ccccc2C(N)=S)cn1. The van der Waals surface area contributed by atoms with Crippen molar-refractivity contribution in [1.29, 1.82) is 0 Å². The van der Waals surface area contributed by atoms with E-state index in [1.165, 1.54) is 6.07 Å². The zero-order valence-corrected chi connectivity index (χ0v) is 13.1. The van der Waals surface area contributed by atoms with Crippen molar-refractivity contribution in [3.8, 4) is 0 Å². The fourth-order valence-electron chi connectivity index (χ4n) is 1.91. The maximum absolute atomic E-state index is 12.3. The number of hydrogen-bond acceptors (Lipinski definition) is 4. The fourth-order valence-corrected chi connectivity index (χ4v) is 3.41. The van der Waals surface area contributed by atoms with Crippen molar-refractivity contribution in [2.45, 2.75) is 11.3 Å². The van der Waals surface area contributed by atoms with E-state index in [0.717, 1.165) is 5.56 Å². The number of aryl methyl sites for hydroxylation is 1. The predicted molar refractivity (Wildman–Crippen MR) is 84.4 cm³/mol. The highest BCUT2D eigenvalue weighted by atomic mass is 32.2. The average molecular weight is 324 g/mol. The molecule has 1 aromatic carbocycles. The van der Waals surface area contributed by atoms with Crippen LogP contribution in [0.1, 0.15) is 11.1 Å². The molecule has 1 aromatic heterocycles. The van der Waals surface area contributed by atoms with Gasteiger partial charge < -0.3 is 5.73 Å². The Morgan fingerprint density at radius 1 is 1.43 bits per heavy atom. The van der Waals surface area contributed by atoms with Crippen molar-refractivity contribution >= 4 is 27.2 Å². The van der Waals surface area contributed by atoms with Gasteiger partial charge in [0.25, 0.3) is 0 Å². The smallest absolute Gasteiger partial charge is 0.241 e. The Morgan fingerprint density at radius 2 is 2.14 bits per heavy atom. The van der Waals surface area contributed by atoms with Crippen LogP contribution in [0.3, 0.4) is 0 Å². The van der Waals surface area contributed by atoms with Crippen LogP contribution in [0.4, 0.5) is 0 Å². The fraction of sp³-hybridized carbons (Fsp3) is 0.231. The lowest BCUT2D eigenvalue weighted by molar-refractivity contribution is 0.581. The lowest BCUT2D eigenvalue weighted by Gasteiger charge is -2.10.